The molecule has 0 spiro atoms. The van der Waals surface area contributed by atoms with Gasteiger partial charge in [-0.05, 0) is 37.1 Å². The van der Waals surface area contributed by atoms with Crippen LogP contribution in [0.4, 0.5) is 0 Å². The molecule has 1 aromatic carbocycles. The van der Waals surface area contributed by atoms with Crippen LogP contribution in [0.15, 0.2) is 24.3 Å². The Bertz CT molecular complexity index is 649. The number of nitrogens with zero attached hydrogens (tertiary/aromatic N) is 2. The highest BCUT2D eigenvalue weighted by Gasteiger charge is 2.54. The minimum Gasteiger partial charge on any atom is -0.497 e. The summed E-state index contributed by atoms with van der Waals surface area (Å²) >= 11 is 0. The van der Waals surface area contributed by atoms with E-state index in [1.54, 1.807) is 36.3 Å². The maximum absolute atomic E-state index is 12.5. The van der Waals surface area contributed by atoms with Gasteiger partial charge in [-0.15, -0.1) is 0 Å². The van der Waals surface area contributed by atoms with Crippen LogP contribution < -0.4 is 4.74 Å². The van der Waals surface area contributed by atoms with Gasteiger partial charge in [-0.3, -0.25) is 19.7 Å². The van der Waals surface area contributed by atoms with Gasteiger partial charge in [0.15, 0.2) is 5.78 Å². The largest absolute Gasteiger partial charge is 0.497 e. The van der Waals surface area contributed by atoms with Gasteiger partial charge in [-0.2, -0.15) is 0 Å². The van der Waals surface area contributed by atoms with Gasteiger partial charge in [-0.25, -0.2) is 0 Å². The third-order valence-corrected chi connectivity index (χ3v) is 4.90. The maximum atomic E-state index is 12.5. The van der Waals surface area contributed by atoms with Crippen LogP contribution in [0.2, 0.25) is 0 Å². The highest BCUT2D eigenvalue weighted by molar-refractivity contribution is 5.98. The second-order valence-electron chi connectivity index (χ2n) is 6.39. The first kappa shape index (κ1) is 16.4. The summed E-state index contributed by atoms with van der Waals surface area (Å²) in [6, 6.07) is 6.32. The Kier molecular flexibility index (Phi) is 4.51. The molecule has 2 fully saturated rings. The molecule has 1 saturated heterocycles. The zero-order chi connectivity index (χ0) is 17.3. The number of carbonyl (C=O) groups excluding carboxylic acids is 2. The Balaban J connectivity index is 1.54. The van der Waals surface area contributed by atoms with E-state index in [1.165, 1.54) is 0 Å². The average Bonchev–Trinajstić information content (AvgIpc) is 3.42. The summed E-state index contributed by atoms with van der Waals surface area (Å²) in [6.45, 7) is 0.985. The van der Waals surface area contributed by atoms with E-state index in [2.05, 4.69) is 0 Å². The Hall–Kier alpha value is -2.44. The summed E-state index contributed by atoms with van der Waals surface area (Å²) in [6.07, 6.45) is 1.55. The smallest absolute Gasteiger partial charge is 0.232 e. The van der Waals surface area contributed by atoms with E-state index in [0.29, 0.717) is 43.7 Å². The van der Waals surface area contributed by atoms with Gasteiger partial charge in [0.05, 0.1) is 7.11 Å². The molecule has 1 heterocycles. The lowest BCUT2D eigenvalue weighted by atomic mass is 9.88. The number of hydrogen-bond donors (Lipinski definition) is 0. The first-order valence-corrected chi connectivity index (χ1v) is 8.12. The number of hydrogen-bond acceptors (Lipinski definition) is 5. The molecule has 0 radical (unpaired) electrons. The van der Waals surface area contributed by atoms with Crippen molar-refractivity contribution in [1.29, 1.82) is 0 Å². The highest BCUT2D eigenvalue weighted by Crippen LogP contribution is 2.36. The monoisotopic (exact) mass is 332 g/mol. The SMILES string of the molecule is COc1ccc(C(=O)C2CCN(C(=O)[C@H]3C[C@H]3[N+](=O)[O-])CC2)cc1. The van der Waals surface area contributed by atoms with E-state index < -0.39 is 12.0 Å². The lowest BCUT2D eigenvalue weighted by Gasteiger charge is -2.31. The van der Waals surface area contributed by atoms with E-state index in [0.717, 1.165) is 0 Å². The van der Waals surface area contributed by atoms with E-state index in [1.807, 2.05) is 0 Å². The number of piperidine rings is 1. The van der Waals surface area contributed by atoms with Gasteiger partial charge in [0.1, 0.15) is 11.7 Å². The fourth-order valence-corrected chi connectivity index (χ4v) is 3.27. The summed E-state index contributed by atoms with van der Waals surface area (Å²) in [5.74, 6) is 0.0879. The number of carbonyl (C=O) groups is 2. The van der Waals surface area contributed by atoms with Crippen molar-refractivity contribution in [3.63, 3.8) is 0 Å². The summed E-state index contributed by atoms with van der Waals surface area (Å²) in [5.41, 5.74) is 0.649. The van der Waals surface area contributed by atoms with Crippen molar-refractivity contribution in [2.45, 2.75) is 25.3 Å². The molecule has 2 aliphatic rings. The van der Waals surface area contributed by atoms with Crippen molar-refractivity contribution < 1.29 is 19.2 Å². The van der Waals surface area contributed by atoms with Crippen molar-refractivity contribution >= 4 is 11.7 Å². The molecule has 0 aromatic heterocycles. The predicted octanol–water partition coefficient (Wildman–Crippen LogP) is 1.78. The quantitative estimate of drug-likeness (QED) is 0.466. The normalized spacial score (nSPS) is 23.6. The first-order valence-electron chi connectivity index (χ1n) is 8.12. The molecule has 1 aliphatic heterocycles. The van der Waals surface area contributed by atoms with Gasteiger partial charge in [-0.1, -0.05) is 0 Å². The number of methoxy groups -OCH3 is 1. The third-order valence-electron chi connectivity index (χ3n) is 4.90. The number of benzene rings is 1. The molecule has 0 bridgehead atoms. The maximum Gasteiger partial charge on any atom is 0.232 e. The number of ether oxygens (including phenoxy) is 1. The second-order valence-corrected chi connectivity index (χ2v) is 6.39. The molecule has 1 saturated carbocycles. The highest BCUT2D eigenvalue weighted by atomic mass is 16.6. The predicted molar refractivity (Wildman–Crippen MR) is 85.5 cm³/mol. The number of rotatable bonds is 5. The molecule has 7 heteroatoms. The fraction of sp³-hybridized carbons (Fsp3) is 0.529. The van der Waals surface area contributed by atoms with Crippen molar-refractivity contribution in [2.24, 2.45) is 11.8 Å². The Morgan fingerprint density at radius 3 is 2.33 bits per heavy atom. The lowest BCUT2D eigenvalue weighted by molar-refractivity contribution is -0.497. The van der Waals surface area contributed by atoms with Crippen molar-refractivity contribution in [3.05, 3.63) is 39.9 Å². The third kappa shape index (κ3) is 3.25. The Morgan fingerprint density at radius 1 is 1.21 bits per heavy atom. The van der Waals surface area contributed by atoms with Gasteiger partial charge in [0, 0.05) is 35.9 Å². The molecule has 1 aromatic rings. The minimum atomic E-state index is -0.712. The molecule has 3 rings (SSSR count). The summed E-state index contributed by atoms with van der Waals surface area (Å²) in [7, 11) is 1.58. The van der Waals surface area contributed by atoms with Crippen LogP contribution >= 0.6 is 0 Å². The molecule has 1 amide bonds. The van der Waals surface area contributed by atoms with Crippen LogP contribution in [0.5, 0.6) is 5.75 Å². The van der Waals surface area contributed by atoms with Crippen LogP contribution in [0, 0.1) is 22.0 Å². The standard InChI is InChI=1S/C17H20N2O5/c1-24-13-4-2-11(3-5-13)16(20)12-6-8-18(9-7-12)17(21)14-10-15(14)19(22)23/h2-5,12,14-15H,6-10H2,1H3/t14-,15+/m0/s1. The van der Waals surface area contributed by atoms with Gasteiger partial charge < -0.3 is 9.64 Å². The molecule has 0 N–H and O–H groups in total. The molecule has 0 unspecified atom stereocenters. The summed E-state index contributed by atoms with van der Waals surface area (Å²) in [4.78, 5) is 36.7. The van der Waals surface area contributed by atoms with Crippen molar-refractivity contribution in [1.82, 2.24) is 4.90 Å². The Morgan fingerprint density at radius 2 is 1.83 bits per heavy atom. The van der Waals surface area contributed by atoms with Crippen LogP contribution in [0.25, 0.3) is 0 Å². The topological polar surface area (TPSA) is 89.8 Å². The van der Waals surface area contributed by atoms with Crippen LogP contribution in [-0.2, 0) is 4.79 Å². The molecular formula is C17H20N2O5. The van der Waals surface area contributed by atoms with Gasteiger partial charge in [0.25, 0.3) is 0 Å². The number of nitro groups is 1. The zero-order valence-corrected chi connectivity index (χ0v) is 13.5. The second kappa shape index (κ2) is 6.59. The van der Waals surface area contributed by atoms with Crippen LogP contribution in [0.3, 0.4) is 0 Å². The van der Waals surface area contributed by atoms with Crippen molar-refractivity contribution in [2.75, 3.05) is 20.2 Å². The lowest BCUT2D eigenvalue weighted by Crippen LogP contribution is -2.41. The van der Waals surface area contributed by atoms with Gasteiger partial charge >= 0.3 is 0 Å². The number of likely N-dealkylation sites (tertiary alicyclic amines) is 1. The first-order chi connectivity index (χ1) is 11.5. The molecule has 1 aliphatic carbocycles. The van der Waals surface area contributed by atoms with Crippen LogP contribution in [0.1, 0.15) is 29.6 Å². The molecule has 2 atom stereocenters. The number of ketones is 1. The van der Waals surface area contributed by atoms with E-state index >= 15 is 0 Å². The molecular weight excluding hydrogens is 312 g/mol. The minimum absolute atomic E-state index is 0.0827. The molecule has 128 valence electrons. The number of Topliss-reactive ketones (excluding diaryl/α,β-unsaturated/α-hetero) is 1. The van der Waals surface area contributed by atoms with Crippen molar-refractivity contribution in [3.8, 4) is 5.75 Å². The van der Waals surface area contributed by atoms with Crippen LogP contribution in [-0.4, -0.2) is 47.8 Å². The van der Waals surface area contributed by atoms with E-state index in [4.69, 9.17) is 4.74 Å². The summed E-state index contributed by atoms with van der Waals surface area (Å²) in [5, 5.41) is 10.7. The zero-order valence-electron chi connectivity index (χ0n) is 13.5. The molecule has 7 nitrogen and oxygen atoms in total. The fourth-order valence-electron chi connectivity index (χ4n) is 3.27. The van der Waals surface area contributed by atoms with Gasteiger partial charge in [0.2, 0.25) is 11.9 Å². The van der Waals surface area contributed by atoms with E-state index in [-0.39, 0.29) is 22.5 Å². The summed E-state index contributed by atoms with van der Waals surface area (Å²) < 4.78 is 5.09. The number of amides is 1. The van der Waals surface area contributed by atoms with E-state index in [9.17, 15) is 19.7 Å². The Labute approximate surface area is 139 Å². The molecule has 24 heavy (non-hydrogen) atoms. The average molecular weight is 332 g/mol.